The van der Waals surface area contributed by atoms with Crippen LogP contribution in [0, 0.1) is 17.0 Å². The van der Waals surface area contributed by atoms with Gasteiger partial charge in [-0.2, -0.15) is 0 Å². The smallest absolute Gasteiger partial charge is 0.149 e. The predicted molar refractivity (Wildman–Crippen MR) is 48.4 cm³/mol. The molecular weight excluding hydrogens is 174 g/mol. The first-order valence-corrected chi connectivity index (χ1v) is 3.78. The third-order valence-electron chi connectivity index (χ3n) is 1.71. The van der Waals surface area contributed by atoms with Gasteiger partial charge in [0.05, 0.1) is 5.69 Å². The Kier molecular flexibility index (Phi) is 2.60. The van der Waals surface area contributed by atoms with E-state index in [-0.39, 0.29) is 17.0 Å². The van der Waals surface area contributed by atoms with Gasteiger partial charge in [-0.15, -0.1) is 0 Å². The molecule has 2 nitrogen and oxygen atoms in total. The minimum Gasteiger partial charge on any atom is -0.385 e. The average molecular weight is 184 g/mol. The maximum atomic E-state index is 13.1. The fraction of sp³-hybridized carbons (Fsp3) is 0.222. The van der Waals surface area contributed by atoms with Crippen molar-refractivity contribution in [2.75, 3.05) is 12.4 Å². The molecule has 0 saturated heterocycles. The number of benzene rings is 1. The van der Waals surface area contributed by atoms with E-state index >= 15 is 0 Å². The van der Waals surface area contributed by atoms with E-state index in [0.717, 1.165) is 12.1 Å². The molecule has 0 radical (unpaired) electrons. The summed E-state index contributed by atoms with van der Waals surface area (Å²) in [5.74, 6) is -1.35. The highest BCUT2D eigenvalue weighted by molar-refractivity contribution is 6.01. The molecule has 1 rings (SSSR count). The first-order chi connectivity index (χ1) is 6.06. The van der Waals surface area contributed by atoms with Gasteiger partial charge in [0.2, 0.25) is 0 Å². The topological polar surface area (TPSA) is 35.9 Å². The molecule has 13 heavy (non-hydrogen) atoms. The molecule has 0 aliphatic rings. The van der Waals surface area contributed by atoms with Crippen molar-refractivity contribution < 1.29 is 8.78 Å². The first-order valence-electron chi connectivity index (χ1n) is 3.78. The molecule has 0 aliphatic heterocycles. The number of hydrogen-bond acceptors (Lipinski definition) is 2. The Bertz CT molecular complexity index is 348. The van der Waals surface area contributed by atoms with Crippen molar-refractivity contribution in [3.63, 3.8) is 0 Å². The summed E-state index contributed by atoms with van der Waals surface area (Å²) in [4.78, 5) is 0. The van der Waals surface area contributed by atoms with Gasteiger partial charge >= 0.3 is 0 Å². The van der Waals surface area contributed by atoms with Crippen molar-refractivity contribution in [3.05, 3.63) is 29.3 Å². The predicted octanol–water partition coefficient (Wildman–Crippen LogP) is 2.39. The Labute approximate surface area is 75.1 Å². The van der Waals surface area contributed by atoms with E-state index < -0.39 is 11.6 Å². The molecule has 0 bridgehead atoms. The van der Waals surface area contributed by atoms with Crippen molar-refractivity contribution in [1.29, 1.82) is 5.41 Å². The van der Waals surface area contributed by atoms with Crippen LogP contribution in [-0.4, -0.2) is 12.8 Å². The van der Waals surface area contributed by atoms with Crippen LogP contribution in [-0.2, 0) is 0 Å². The third kappa shape index (κ3) is 1.83. The van der Waals surface area contributed by atoms with Crippen molar-refractivity contribution in [2.45, 2.75) is 6.92 Å². The summed E-state index contributed by atoms with van der Waals surface area (Å²) in [6.45, 7) is 1.48. The van der Waals surface area contributed by atoms with Gasteiger partial charge < -0.3 is 10.7 Å². The zero-order chi connectivity index (χ0) is 10.0. The summed E-state index contributed by atoms with van der Waals surface area (Å²) in [6.07, 6.45) is 0. The Morgan fingerprint density at radius 1 is 1.38 bits per heavy atom. The highest BCUT2D eigenvalue weighted by Crippen LogP contribution is 2.21. The fourth-order valence-corrected chi connectivity index (χ4v) is 1.12. The van der Waals surface area contributed by atoms with Gasteiger partial charge in [0.1, 0.15) is 11.6 Å². The third-order valence-corrected chi connectivity index (χ3v) is 1.71. The van der Waals surface area contributed by atoms with E-state index in [1.165, 1.54) is 14.0 Å². The van der Waals surface area contributed by atoms with Gasteiger partial charge in [-0.05, 0) is 13.0 Å². The van der Waals surface area contributed by atoms with Crippen molar-refractivity contribution >= 4 is 11.4 Å². The number of rotatable bonds is 2. The number of nitrogens with one attached hydrogen (secondary N) is 2. The SMILES string of the molecule is CNc1c(F)cc(F)cc1C(C)=N. The Morgan fingerprint density at radius 3 is 2.46 bits per heavy atom. The maximum absolute atomic E-state index is 13.1. The molecule has 0 atom stereocenters. The zero-order valence-corrected chi connectivity index (χ0v) is 7.41. The van der Waals surface area contributed by atoms with Gasteiger partial charge in [-0.1, -0.05) is 0 Å². The number of hydrogen-bond donors (Lipinski definition) is 2. The van der Waals surface area contributed by atoms with E-state index in [2.05, 4.69) is 5.32 Å². The van der Waals surface area contributed by atoms with Crippen LogP contribution in [0.4, 0.5) is 14.5 Å². The van der Waals surface area contributed by atoms with E-state index in [1.54, 1.807) is 0 Å². The van der Waals surface area contributed by atoms with Crippen LogP contribution < -0.4 is 5.32 Å². The number of halogens is 2. The monoisotopic (exact) mass is 184 g/mol. The summed E-state index contributed by atoms with van der Waals surface area (Å²) in [5.41, 5.74) is 0.539. The molecule has 0 fully saturated rings. The molecule has 1 aromatic rings. The molecule has 70 valence electrons. The van der Waals surface area contributed by atoms with Crippen LogP contribution in [0.3, 0.4) is 0 Å². The van der Waals surface area contributed by atoms with Crippen LogP contribution in [0.25, 0.3) is 0 Å². The van der Waals surface area contributed by atoms with Crippen LogP contribution in [0.2, 0.25) is 0 Å². The molecule has 2 N–H and O–H groups in total. The second kappa shape index (κ2) is 3.51. The lowest BCUT2D eigenvalue weighted by Gasteiger charge is -2.08. The van der Waals surface area contributed by atoms with Crippen molar-refractivity contribution in [1.82, 2.24) is 0 Å². The Hall–Kier alpha value is -1.45. The highest BCUT2D eigenvalue weighted by atomic mass is 19.1. The quantitative estimate of drug-likeness (QED) is 0.680. The van der Waals surface area contributed by atoms with E-state index in [1.807, 2.05) is 0 Å². The van der Waals surface area contributed by atoms with Crippen LogP contribution >= 0.6 is 0 Å². The molecule has 0 aromatic heterocycles. The van der Waals surface area contributed by atoms with Gasteiger partial charge in [0.15, 0.2) is 0 Å². The summed E-state index contributed by atoms with van der Waals surface area (Å²) < 4.78 is 25.8. The minimum atomic E-state index is -0.677. The normalized spacial score (nSPS) is 9.85. The molecule has 4 heteroatoms. The molecular formula is C9H10F2N2. The molecule has 1 aromatic carbocycles. The van der Waals surface area contributed by atoms with Crippen LogP contribution in [0.5, 0.6) is 0 Å². The Balaban J connectivity index is 3.38. The lowest BCUT2D eigenvalue weighted by atomic mass is 10.1. The van der Waals surface area contributed by atoms with E-state index in [0.29, 0.717) is 0 Å². The van der Waals surface area contributed by atoms with E-state index in [9.17, 15) is 8.78 Å². The lowest BCUT2D eigenvalue weighted by molar-refractivity contribution is 0.585. The van der Waals surface area contributed by atoms with Gasteiger partial charge in [-0.25, -0.2) is 8.78 Å². The summed E-state index contributed by atoms with van der Waals surface area (Å²) >= 11 is 0. The molecule has 0 aliphatic carbocycles. The molecule has 0 amide bonds. The highest BCUT2D eigenvalue weighted by Gasteiger charge is 2.10. The van der Waals surface area contributed by atoms with Gasteiger partial charge in [0.25, 0.3) is 0 Å². The number of anilines is 1. The molecule has 0 spiro atoms. The molecule has 0 unspecified atom stereocenters. The standard InChI is InChI=1S/C9H10F2N2/c1-5(12)7-3-6(10)4-8(11)9(7)13-2/h3-4,12-13H,1-2H3. The Morgan fingerprint density at radius 2 is 2.00 bits per heavy atom. The minimum absolute atomic E-state index is 0.128. The fourth-order valence-electron chi connectivity index (χ4n) is 1.12. The second-order valence-corrected chi connectivity index (χ2v) is 2.69. The van der Waals surface area contributed by atoms with Crippen molar-refractivity contribution in [2.24, 2.45) is 0 Å². The van der Waals surface area contributed by atoms with Gasteiger partial charge in [0, 0.05) is 24.4 Å². The van der Waals surface area contributed by atoms with Crippen LogP contribution in [0.15, 0.2) is 12.1 Å². The molecule has 0 heterocycles. The molecule has 0 saturated carbocycles. The lowest BCUT2D eigenvalue weighted by Crippen LogP contribution is -2.03. The first kappa shape index (κ1) is 9.64. The summed E-state index contributed by atoms with van der Waals surface area (Å²) in [7, 11) is 1.53. The maximum Gasteiger partial charge on any atom is 0.149 e. The zero-order valence-electron chi connectivity index (χ0n) is 7.41. The van der Waals surface area contributed by atoms with E-state index in [4.69, 9.17) is 5.41 Å². The summed E-state index contributed by atoms with van der Waals surface area (Å²) in [5, 5.41) is 9.89. The largest absolute Gasteiger partial charge is 0.385 e. The second-order valence-electron chi connectivity index (χ2n) is 2.69. The van der Waals surface area contributed by atoms with Crippen molar-refractivity contribution in [3.8, 4) is 0 Å². The van der Waals surface area contributed by atoms with Gasteiger partial charge in [-0.3, -0.25) is 0 Å². The van der Waals surface area contributed by atoms with Crippen LogP contribution in [0.1, 0.15) is 12.5 Å². The average Bonchev–Trinajstić information content (AvgIpc) is 2.02. The summed E-state index contributed by atoms with van der Waals surface area (Å²) in [6, 6.07) is 1.93.